The first-order valence-electron chi connectivity index (χ1n) is 8.56. The average Bonchev–Trinajstić information content (AvgIpc) is 2.68. The van der Waals surface area contributed by atoms with Crippen LogP contribution in [0.15, 0.2) is 78.9 Å². The fourth-order valence-electron chi connectivity index (χ4n) is 2.48. The summed E-state index contributed by atoms with van der Waals surface area (Å²) in [4.78, 5) is 0. The van der Waals surface area contributed by atoms with E-state index >= 15 is 0 Å². The van der Waals surface area contributed by atoms with Gasteiger partial charge in [-0.3, -0.25) is 0 Å². The van der Waals surface area contributed by atoms with Crippen molar-refractivity contribution in [3.05, 3.63) is 90.0 Å². The van der Waals surface area contributed by atoms with Gasteiger partial charge in [0.15, 0.2) is 0 Å². The predicted molar refractivity (Wildman–Crippen MR) is 102 cm³/mol. The first-order valence-corrected chi connectivity index (χ1v) is 8.56. The Balaban J connectivity index is 1.48. The van der Waals surface area contributed by atoms with Crippen molar-refractivity contribution in [1.82, 2.24) is 0 Å². The van der Waals surface area contributed by atoms with E-state index in [1.54, 1.807) is 0 Å². The van der Waals surface area contributed by atoms with Gasteiger partial charge >= 0.3 is 0 Å². The fraction of sp³-hybridized carbons (Fsp3) is 0.182. The quantitative estimate of drug-likeness (QED) is 0.608. The molecule has 0 amide bonds. The molecule has 0 fully saturated rings. The average molecular weight is 333 g/mol. The molecule has 0 heterocycles. The molecule has 0 aliphatic heterocycles. The van der Waals surface area contributed by atoms with Gasteiger partial charge in [0, 0.05) is 12.2 Å². The minimum absolute atomic E-state index is 0.583. The van der Waals surface area contributed by atoms with E-state index in [1.165, 1.54) is 11.1 Å². The standard InChI is InChI=1S/C22H23NO2/c1-2-24-21-12-8-18(9-13-21)16-23-20-10-14-22(15-11-20)25-17-19-6-4-3-5-7-19/h3-15,23H,2,16-17H2,1H3. The van der Waals surface area contributed by atoms with Crippen LogP contribution in [0.3, 0.4) is 0 Å². The Morgan fingerprint density at radius 2 is 1.32 bits per heavy atom. The lowest BCUT2D eigenvalue weighted by molar-refractivity contribution is 0.306. The summed E-state index contributed by atoms with van der Waals surface area (Å²) in [5, 5.41) is 3.42. The lowest BCUT2D eigenvalue weighted by atomic mass is 10.2. The molecule has 0 unspecified atom stereocenters. The molecule has 3 rings (SSSR count). The summed E-state index contributed by atoms with van der Waals surface area (Å²) < 4.78 is 11.3. The van der Waals surface area contributed by atoms with E-state index in [9.17, 15) is 0 Å². The SMILES string of the molecule is CCOc1ccc(CNc2ccc(OCc3ccccc3)cc2)cc1. The lowest BCUT2D eigenvalue weighted by Gasteiger charge is -2.10. The second-order valence-electron chi connectivity index (χ2n) is 5.73. The second-order valence-corrected chi connectivity index (χ2v) is 5.73. The van der Waals surface area contributed by atoms with E-state index in [2.05, 4.69) is 29.6 Å². The molecule has 0 saturated carbocycles. The summed E-state index contributed by atoms with van der Waals surface area (Å²) >= 11 is 0. The van der Waals surface area contributed by atoms with E-state index in [0.717, 1.165) is 23.7 Å². The minimum atomic E-state index is 0.583. The minimum Gasteiger partial charge on any atom is -0.494 e. The molecule has 3 aromatic rings. The zero-order valence-corrected chi connectivity index (χ0v) is 14.4. The van der Waals surface area contributed by atoms with Crippen molar-refractivity contribution in [2.45, 2.75) is 20.1 Å². The highest BCUT2D eigenvalue weighted by molar-refractivity contribution is 5.47. The molecule has 0 radical (unpaired) electrons. The second kappa shape index (κ2) is 8.78. The van der Waals surface area contributed by atoms with Crippen LogP contribution < -0.4 is 14.8 Å². The molecule has 0 saturated heterocycles. The Labute approximate surface area is 149 Å². The predicted octanol–water partition coefficient (Wildman–Crippen LogP) is 5.28. The number of rotatable bonds is 8. The van der Waals surface area contributed by atoms with Crippen molar-refractivity contribution >= 4 is 5.69 Å². The molecule has 0 aliphatic carbocycles. The molecular formula is C22H23NO2. The van der Waals surface area contributed by atoms with Gasteiger partial charge in [0.2, 0.25) is 0 Å². The molecule has 3 aromatic carbocycles. The highest BCUT2D eigenvalue weighted by atomic mass is 16.5. The molecule has 3 nitrogen and oxygen atoms in total. The first kappa shape index (κ1) is 16.9. The topological polar surface area (TPSA) is 30.5 Å². The van der Waals surface area contributed by atoms with Crippen molar-refractivity contribution < 1.29 is 9.47 Å². The van der Waals surface area contributed by atoms with Gasteiger partial charge in [-0.15, -0.1) is 0 Å². The highest BCUT2D eigenvalue weighted by Gasteiger charge is 1.98. The first-order chi connectivity index (χ1) is 12.3. The van der Waals surface area contributed by atoms with Gasteiger partial charge in [-0.1, -0.05) is 42.5 Å². The van der Waals surface area contributed by atoms with E-state index < -0.39 is 0 Å². The summed E-state index contributed by atoms with van der Waals surface area (Å²) in [6.07, 6.45) is 0. The van der Waals surface area contributed by atoms with Crippen LogP contribution in [0.25, 0.3) is 0 Å². The number of benzene rings is 3. The number of nitrogens with one attached hydrogen (secondary N) is 1. The lowest BCUT2D eigenvalue weighted by Crippen LogP contribution is -2.00. The zero-order valence-electron chi connectivity index (χ0n) is 14.4. The Morgan fingerprint density at radius 3 is 2.00 bits per heavy atom. The van der Waals surface area contributed by atoms with Gasteiger partial charge in [-0.2, -0.15) is 0 Å². The van der Waals surface area contributed by atoms with Crippen molar-refractivity contribution in [2.24, 2.45) is 0 Å². The van der Waals surface area contributed by atoms with Crippen molar-refractivity contribution in [1.29, 1.82) is 0 Å². The van der Waals surface area contributed by atoms with Crippen LogP contribution in [-0.4, -0.2) is 6.61 Å². The smallest absolute Gasteiger partial charge is 0.119 e. The summed E-state index contributed by atoms with van der Waals surface area (Å²) in [5.74, 6) is 1.78. The van der Waals surface area contributed by atoms with E-state index in [0.29, 0.717) is 13.2 Å². The Hall–Kier alpha value is -2.94. The number of hydrogen-bond donors (Lipinski definition) is 1. The van der Waals surface area contributed by atoms with Gasteiger partial charge in [-0.05, 0) is 54.4 Å². The largest absolute Gasteiger partial charge is 0.494 e. The Morgan fingerprint density at radius 1 is 0.680 bits per heavy atom. The maximum atomic E-state index is 5.80. The fourth-order valence-corrected chi connectivity index (χ4v) is 2.48. The number of ether oxygens (including phenoxy) is 2. The van der Waals surface area contributed by atoms with Crippen LogP contribution in [0.5, 0.6) is 11.5 Å². The molecule has 0 bridgehead atoms. The van der Waals surface area contributed by atoms with E-state index in [1.807, 2.05) is 61.5 Å². The highest BCUT2D eigenvalue weighted by Crippen LogP contribution is 2.18. The van der Waals surface area contributed by atoms with Crippen molar-refractivity contribution in [3.63, 3.8) is 0 Å². The van der Waals surface area contributed by atoms with Crippen LogP contribution in [0, 0.1) is 0 Å². The third-order valence-corrected chi connectivity index (χ3v) is 3.83. The summed E-state index contributed by atoms with van der Waals surface area (Å²) in [5.41, 5.74) is 3.45. The number of anilines is 1. The van der Waals surface area contributed by atoms with Crippen LogP contribution in [0.4, 0.5) is 5.69 Å². The zero-order chi connectivity index (χ0) is 17.3. The molecule has 0 aliphatic rings. The molecule has 3 heteroatoms. The third kappa shape index (κ3) is 5.28. The summed E-state index contributed by atoms with van der Waals surface area (Å²) in [7, 11) is 0. The Kier molecular flexibility index (Phi) is 5.94. The Bertz CT molecular complexity index is 752. The maximum Gasteiger partial charge on any atom is 0.119 e. The molecule has 0 atom stereocenters. The van der Waals surface area contributed by atoms with Gasteiger partial charge in [0.05, 0.1) is 6.61 Å². The normalized spacial score (nSPS) is 10.3. The van der Waals surface area contributed by atoms with Gasteiger partial charge in [0.25, 0.3) is 0 Å². The van der Waals surface area contributed by atoms with Gasteiger partial charge in [-0.25, -0.2) is 0 Å². The van der Waals surface area contributed by atoms with Gasteiger partial charge < -0.3 is 14.8 Å². The monoisotopic (exact) mass is 333 g/mol. The molecule has 128 valence electrons. The summed E-state index contributed by atoms with van der Waals surface area (Å²) in [6, 6.07) is 26.4. The van der Waals surface area contributed by atoms with Crippen molar-refractivity contribution in [3.8, 4) is 11.5 Å². The van der Waals surface area contributed by atoms with Crippen molar-refractivity contribution in [2.75, 3.05) is 11.9 Å². The summed E-state index contributed by atoms with van der Waals surface area (Å²) in [6.45, 7) is 4.04. The number of hydrogen-bond acceptors (Lipinski definition) is 3. The third-order valence-electron chi connectivity index (χ3n) is 3.83. The van der Waals surface area contributed by atoms with Crippen LogP contribution in [-0.2, 0) is 13.2 Å². The molecule has 25 heavy (non-hydrogen) atoms. The maximum absolute atomic E-state index is 5.80. The van der Waals surface area contributed by atoms with E-state index in [-0.39, 0.29) is 0 Å². The van der Waals surface area contributed by atoms with Crippen LogP contribution in [0.2, 0.25) is 0 Å². The van der Waals surface area contributed by atoms with E-state index in [4.69, 9.17) is 9.47 Å². The molecule has 0 spiro atoms. The molecule has 0 aromatic heterocycles. The van der Waals surface area contributed by atoms with Crippen LogP contribution >= 0.6 is 0 Å². The molecule has 1 N–H and O–H groups in total. The molecular weight excluding hydrogens is 310 g/mol. The van der Waals surface area contributed by atoms with Gasteiger partial charge in [0.1, 0.15) is 18.1 Å². The van der Waals surface area contributed by atoms with Crippen LogP contribution in [0.1, 0.15) is 18.1 Å².